The van der Waals surface area contributed by atoms with Gasteiger partial charge in [-0.15, -0.1) is 0 Å². The van der Waals surface area contributed by atoms with Gasteiger partial charge in [0, 0.05) is 29.3 Å². The van der Waals surface area contributed by atoms with Crippen LogP contribution >= 0.6 is 0 Å². The zero-order valence-corrected chi connectivity index (χ0v) is 12.2. The number of hydrogen-bond donors (Lipinski definition) is 0. The number of ether oxygens (including phenoxy) is 1. The van der Waals surface area contributed by atoms with E-state index in [0.29, 0.717) is 17.0 Å². The zero-order chi connectivity index (χ0) is 16.4. The van der Waals surface area contributed by atoms with Gasteiger partial charge >= 0.3 is 0 Å². The summed E-state index contributed by atoms with van der Waals surface area (Å²) in [4.78, 5) is 4.34. The lowest BCUT2D eigenvalue weighted by Crippen LogP contribution is -1.94. The monoisotopic (exact) mass is 315 g/mol. The molecule has 0 N–H and O–H groups in total. The summed E-state index contributed by atoms with van der Waals surface area (Å²) in [7, 11) is 1.47. The number of methoxy groups -OCH3 is 1. The second-order valence-electron chi connectivity index (χ2n) is 4.91. The van der Waals surface area contributed by atoms with E-state index in [-0.39, 0.29) is 11.3 Å². The van der Waals surface area contributed by atoms with Gasteiger partial charge in [-0.1, -0.05) is 12.1 Å². The van der Waals surface area contributed by atoms with Crippen LogP contribution < -0.4 is 4.74 Å². The molecule has 5 heteroatoms. The molecule has 0 aliphatic rings. The standard InChI is InChI=1S/C18H12F3NO/c1-23-14-9-17(11-3-2-4-12(19)7-11)22-18(10-14)15-6-5-13(20)8-16(15)21/h2-10H,1H3. The summed E-state index contributed by atoms with van der Waals surface area (Å²) in [5.41, 5.74) is 1.39. The third kappa shape index (κ3) is 3.18. The lowest BCUT2D eigenvalue weighted by Gasteiger charge is -2.09. The van der Waals surface area contributed by atoms with E-state index in [1.165, 1.54) is 25.3 Å². The van der Waals surface area contributed by atoms with Crippen molar-refractivity contribution in [2.45, 2.75) is 0 Å². The van der Waals surface area contributed by atoms with E-state index < -0.39 is 17.5 Å². The fourth-order valence-corrected chi connectivity index (χ4v) is 2.25. The maximum absolute atomic E-state index is 14.0. The Morgan fingerprint density at radius 1 is 0.826 bits per heavy atom. The van der Waals surface area contributed by atoms with Crippen molar-refractivity contribution >= 4 is 0 Å². The molecule has 0 atom stereocenters. The predicted molar refractivity (Wildman–Crippen MR) is 81.5 cm³/mol. The molecule has 1 aromatic heterocycles. The fourth-order valence-electron chi connectivity index (χ4n) is 2.25. The van der Waals surface area contributed by atoms with Crippen molar-refractivity contribution in [1.29, 1.82) is 0 Å². The normalized spacial score (nSPS) is 10.6. The molecular weight excluding hydrogens is 303 g/mol. The lowest BCUT2D eigenvalue weighted by atomic mass is 10.1. The Morgan fingerprint density at radius 2 is 1.57 bits per heavy atom. The van der Waals surface area contributed by atoms with Gasteiger partial charge in [0.05, 0.1) is 18.5 Å². The molecule has 0 spiro atoms. The number of hydrogen-bond acceptors (Lipinski definition) is 2. The Kier molecular flexibility index (Phi) is 4.02. The molecule has 0 radical (unpaired) electrons. The van der Waals surface area contributed by atoms with Crippen LogP contribution in [0.3, 0.4) is 0 Å². The van der Waals surface area contributed by atoms with Gasteiger partial charge in [-0.05, 0) is 24.3 Å². The van der Waals surface area contributed by atoms with Crippen LogP contribution in [0.5, 0.6) is 5.75 Å². The first-order valence-corrected chi connectivity index (χ1v) is 6.84. The van der Waals surface area contributed by atoms with E-state index in [1.54, 1.807) is 24.3 Å². The van der Waals surface area contributed by atoms with Gasteiger partial charge in [-0.3, -0.25) is 0 Å². The quantitative estimate of drug-likeness (QED) is 0.690. The minimum absolute atomic E-state index is 0.142. The Labute approximate surface area is 131 Å². The van der Waals surface area contributed by atoms with Crippen molar-refractivity contribution in [3.05, 3.63) is 72.0 Å². The molecule has 0 bridgehead atoms. The van der Waals surface area contributed by atoms with E-state index in [9.17, 15) is 13.2 Å². The Bertz CT molecular complexity index is 865. The summed E-state index contributed by atoms with van der Waals surface area (Å²) in [6.07, 6.45) is 0. The highest BCUT2D eigenvalue weighted by molar-refractivity contribution is 5.69. The summed E-state index contributed by atoms with van der Waals surface area (Å²) < 4.78 is 45.7. The zero-order valence-electron chi connectivity index (χ0n) is 12.2. The summed E-state index contributed by atoms with van der Waals surface area (Å²) in [5, 5.41) is 0. The molecule has 116 valence electrons. The van der Waals surface area contributed by atoms with E-state index in [0.717, 1.165) is 12.1 Å². The minimum atomic E-state index is -0.726. The number of benzene rings is 2. The molecule has 2 nitrogen and oxygen atoms in total. The van der Waals surface area contributed by atoms with E-state index >= 15 is 0 Å². The van der Waals surface area contributed by atoms with E-state index in [2.05, 4.69) is 4.98 Å². The molecule has 23 heavy (non-hydrogen) atoms. The van der Waals surface area contributed by atoms with Crippen LogP contribution in [0.25, 0.3) is 22.5 Å². The van der Waals surface area contributed by atoms with Crippen molar-refractivity contribution in [2.75, 3.05) is 7.11 Å². The Balaban J connectivity index is 2.16. The van der Waals surface area contributed by atoms with Gasteiger partial charge in [0.25, 0.3) is 0 Å². The maximum Gasteiger partial charge on any atom is 0.135 e. The molecule has 0 saturated carbocycles. The first-order chi connectivity index (χ1) is 11.1. The van der Waals surface area contributed by atoms with Crippen molar-refractivity contribution in [3.63, 3.8) is 0 Å². The summed E-state index contributed by atoms with van der Waals surface area (Å²) in [5.74, 6) is -1.35. The molecule has 0 aliphatic heterocycles. The van der Waals surface area contributed by atoms with Gasteiger partial charge in [-0.25, -0.2) is 18.2 Å². The van der Waals surface area contributed by atoms with Crippen molar-refractivity contribution < 1.29 is 17.9 Å². The summed E-state index contributed by atoms with van der Waals surface area (Å²) in [6, 6.07) is 12.3. The predicted octanol–water partition coefficient (Wildman–Crippen LogP) is 4.84. The van der Waals surface area contributed by atoms with Gasteiger partial charge < -0.3 is 4.74 Å². The highest BCUT2D eigenvalue weighted by atomic mass is 19.1. The van der Waals surface area contributed by atoms with Crippen molar-refractivity contribution in [2.24, 2.45) is 0 Å². The average molecular weight is 315 g/mol. The van der Waals surface area contributed by atoms with Crippen LogP contribution in [0.15, 0.2) is 54.6 Å². The molecule has 0 fully saturated rings. The topological polar surface area (TPSA) is 22.1 Å². The second kappa shape index (κ2) is 6.12. The molecule has 3 aromatic rings. The Morgan fingerprint density at radius 3 is 2.26 bits per heavy atom. The number of nitrogens with zero attached hydrogens (tertiary/aromatic N) is 1. The third-order valence-corrected chi connectivity index (χ3v) is 3.36. The smallest absolute Gasteiger partial charge is 0.135 e. The van der Waals surface area contributed by atoms with Crippen LogP contribution in [-0.4, -0.2) is 12.1 Å². The molecule has 0 aliphatic carbocycles. The van der Waals surface area contributed by atoms with Crippen molar-refractivity contribution in [1.82, 2.24) is 4.98 Å². The van der Waals surface area contributed by atoms with Crippen LogP contribution in [0.1, 0.15) is 0 Å². The fraction of sp³-hybridized carbons (Fsp3) is 0.0556. The third-order valence-electron chi connectivity index (χ3n) is 3.36. The first kappa shape index (κ1) is 15.1. The SMILES string of the molecule is COc1cc(-c2cccc(F)c2)nc(-c2ccc(F)cc2F)c1. The number of pyridine rings is 1. The number of aromatic nitrogens is 1. The highest BCUT2D eigenvalue weighted by Gasteiger charge is 2.12. The van der Waals surface area contributed by atoms with Gasteiger partial charge in [0.15, 0.2) is 0 Å². The molecule has 3 rings (SSSR count). The van der Waals surface area contributed by atoms with E-state index in [4.69, 9.17) is 4.74 Å². The first-order valence-electron chi connectivity index (χ1n) is 6.84. The number of halogens is 3. The molecular formula is C18H12F3NO. The second-order valence-corrected chi connectivity index (χ2v) is 4.91. The Hall–Kier alpha value is -2.82. The lowest BCUT2D eigenvalue weighted by molar-refractivity contribution is 0.414. The molecule has 0 saturated heterocycles. The van der Waals surface area contributed by atoms with Crippen LogP contribution in [-0.2, 0) is 0 Å². The highest BCUT2D eigenvalue weighted by Crippen LogP contribution is 2.30. The maximum atomic E-state index is 14.0. The van der Waals surface area contributed by atoms with Gasteiger partial charge in [0.2, 0.25) is 0 Å². The number of rotatable bonds is 3. The largest absolute Gasteiger partial charge is 0.497 e. The van der Waals surface area contributed by atoms with E-state index in [1.807, 2.05) is 0 Å². The van der Waals surface area contributed by atoms with Gasteiger partial charge in [-0.2, -0.15) is 0 Å². The molecule has 0 amide bonds. The van der Waals surface area contributed by atoms with Crippen LogP contribution in [0.4, 0.5) is 13.2 Å². The van der Waals surface area contributed by atoms with Gasteiger partial charge in [0.1, 0.15) is 23.2 Å². The minimum Gasteiger partial charge on any atom is -0.497 e. The summed E-state index contributed by atoms with van der Waals surface area (Å²) in [6.45, 7) is 0. The van der Waals surface area contributed by atoms with Crippen LogP contribution in [0, 0.1) is 17.5 Å². The van der Waals surface area contributed by atoms with Crippen LogP contribution in [0.2, 0.25) is 0 Å². The molecule has 1 heterocycles. The molecule has 2 aromatic carbocycles. The molecule has 0 unspecified atom stereocenters. The summed E-state index contributed by atoms with van der Waals surface area (Å²) >= 11 is 0. The van der Waals surface area contributed by atoms with Crippen molar-refractivity contribution in [3.8, 4) is 28.3 Å². The average Bonchev–Trinajstić information content (AvgIpc) is 2.54.